The number of amides is 2. The van der Waals surface area contributed by atoms with Crippen molar-refractivity contribution in [2.24, 2.45) is 11.8 Å². The first kappa shape index (κ1) is 31.3. The fourth-order valence-corrected chi connectivity index (χ4v) is 5.90. The van der Waals surface area contributed by atoms with Crippen LogP contribution in [0.1, 0.15) is 72.9 Å². The summed E-state index contributed by atoms with van der Waals surface area (Å²) < 4.78 is 11.4. The lowest BCUT2D eigenvalue weighted by Gasteiger charge is -2.40. The van der Waals surface area contributed by atoms with Gasteiger partial charge in [0.05, 0.1) is 17.9 Å². The van der Waals surface area contributed by atoms with E-state index in [2.05, 4.69) is 43.8 Å². The zero-order chi connectivity index (χ0) is 30.5. The first-order valence-corrected chi connectivity index (χ1v) is 14.9. The number of pyridine rings is 2. The van der Waals surface area contributed by atoms with Crippen LogP contribution in [0.4, 0.5) is 15.3 Å². The SMILES string of the molecule is C[C@@H]1CNC[C@H](NC(=O)OC(C)(C)CC[C@H]2C[C@@H](NC(=O)OC(C)(C)C)CN(c3cnc(C#N)c4ncccc34)C2)C1. The Morgan fingerprint density at radius 2 is 1.81 bits per heavy atom. The van der Waals surface area contributed by atoms with E-state index in [1.807, 2.05) is 46.8 Å². The highest BCUT2D eigenvalue weighted by Gasteiger charge is 2.33. The van der Waals surface area contributed by atoms with Gasteiger partial charge in [-0.15, -0.1) is 0 Å². The summed E-state index contributed by atoms with van der Waals surface area (Å²) in [7, 11) is 0. The number of fused-ring (bicyclic) bond motifs is 1. The minimum atomic E-state index is -0.666. The molecule has 0 aliphatic carbocycles. The third-order valence-electron chi connectivity index (χ3n) is 7.74. The monoisotopic (exact) mass is 579 g/mol. The maximum Gasteiger partial charge on any atom is 0.407 e. The number of piperidine rings is 2. The quantitative estimate of drug-likeness (QED) is 0.432. The minimum Gasteiger partial charge on any atom is -0.444 e. The van der Waals surface area contributed by atoms with E-state index in [9.17, 15) is 14.9 Å². The van der Waals surface area contributed by atoms with Crippen molar-refractivity contribution in [3.05, 3.63) is 30.2 Å². The Morgan fingerprint density at radius 3 is 2.52 bits per heavy atom. The fraction of sp³-hybridized carbons (Fsp3) is 0.645. The number of carbonyl (C=O) groups is 2. The molecule has 0 spiro atoms. The van der Waals surface area contributed by atoms with Gasteiger partial charge in [-0.05, 0) is 90.8 Å². The van der Waals surface area contributed by atoms with E-state index in [-0.39, 0.29) is 23.7 Å². The van der Waals surface area contributed by atoms with E-state index in [0.29, 0.717) is 24.4 Å². The molecule has 2 aliphatic rings. The summed E-state index contributed by atoms with van der Waals surface area (Å²) in [6, 6.07) is 5.81. The normalized spacial score (nSPS) is 23.1. The van der Waals surface area contributed by atoms with E-state index in [0.717, 1.165) is 50.0 Å². The predicted molar refractivity (Wildman–Crippen MR) is 161 cm³/mol. The summed E-state index contributed by atoms with van der Waals surface area (Å²) in [5, 5.41) is 19.8. The number of nitriles is 1. The zero-order valence-corrected chi connectivity index (χ0v) is 25.7. The second kappa shape index (κ2) is 13.1. The summed E-state index contributed by atoms with van der Waals surface area (Å²) in [5.41, 5.74) is 0.426. The number of nitrogens with zero attached hydrogens (tertiary/aromatic N) is 4. The minimum absolute atomic E-state index is 0.0639. The van der Waals surface area contributed by atoms with Gasteiger partial charge in [-0.3, -0.25) is 4.98 Å². The molecule has 2 aliphatic heterocycles. The third-order valence-corrected chi connectivity index (χ3v) is 7.74. The van der Waals surface area contributed by atoms with Crippen LogP contribution in [0, 0.1) is 23.2 Å². The molecule has 4 rings (SSSR count). The molecule has 2 fully saturated rings. The highest BCUT2D eigenvalue weighted by Crippen LogP contribution is 2.33. The molecule has 2 aromatic rings. The van der Waals surface area contributed by atoms with Gasteiger partial charge < -0.3 is 30.3 Å². The number of carbonyl (C=O) groups excluding carboxylic acids is 2. The molecule has 4 heterocycles. The lowest BCUT2D eigenvalue weighted by molar-refractivity contribution is 0.0238. The third kappa shape index (κ3) is 8.68. The number of alkyl carbamates (subject to hydrolysis) is 2. The van der Waals surface area contributed by atoms with Gasteiger partial charge in [0.1, 0.15) is 22.8 Å². The Kier molecular flexibility index (Phi) is 9.77. The summed E-state index contributed by atoms with van der Waals surface area (Å²) in [4.78, 5) is 36.4. The second-order valence-corrected chi connectivity index (χ2v) is 13.4. The number of ether oxygens (including phenoxy) is 2. The van der Waals surface area contributed by atoms with Crippen LogP contribution in [0.3, 0.4) is 0 Å². The zero-order valence-electron chi connectivity index (χ0n) is 25.7. The Balaban J connectivity index is 1.46. The molecule has 0 saturated carbocycles. The maximum atomic E-state index is 12.7. The van der Waals surface area contributed by atoms with Gasteiger partial charge in [-0.25, -0.2) is 14.6 Å². The maximum absolute atomic E-state index is 12.7. The smallest absolute Gasteiger partial charge is 0.407 e. The summed E-state index contributed by atoms with van der Waals surface area (Å²) >= 11 is 0. The average Bonchev–Trinajstić information content (AvgIpc) is 2.89. The topological polar surface area (TPSA) is 142 Å². The Labute approximate surface area is 248 Å². The number of aromatic nitrogens is 2. The molecule has 0 aromatic carbocycles. The molecule has 2 aromatic heterocycles. The van der Waals surface area contributed by atoms with Crippen molar-refractivity contribution in [3.8, 4) is 6.07 Å². The number of hydrogen-bond donors (Lipinski definition) is 3. The molecular formula is C31H45N7O4. The van der Waals surface area contributed by atoms with Crippen molar-refractivity contribution in [2.75, 3.05) is 31.1 Å². The second-order valence-electron chi connectivity index (χ2n) is 13.4. The highest BCUT2D eigenvalue weighted by atomic mass is 16.6. The van der Waals surface area contributed by atoms with E-state index in [4.69, 9.17) is 9.47 Å². The number of rotatable bonds is 7. The molecule has 0 bridgehead atoms. The highest BCUT2D eigenvalue weighted by molar-refractivity contribution is 5.93. The number of nitrogens with one attached hydrogen (secondary N) is 3. The molecule has 4 atom stereocenters. The van der Waals surface area contributed by atoms with Crippen molar-refractivity contribution in [1.82, 2.24) is 25.9 Å². The van der Waals surface area contributed by atoms with E-state index in [1.165, 1.54) is 0 Å². The van der Waals surface area contributed by atoms with E-state index < -0.39 is 23.4 Å². The number of anilines is 1. The Hall–Kier alpha value is -3.65. The van der Waals surface area contributed by atoms with Crippen molar-refractivity contribution >= 4 is 28.8 Å². The predicted octanol–water partition coefficient (Wildman–Crippen LogP) is 4.50. The van der Waals surface area contributed by atoms with E-state index >= 15 is 0 Å². The van der Waals surface area contributed by atoms with Gasteiger partial charge in [0.25, 0.3) is 0 Å². The molecule has 11 nitrogen and oxygen atoms in total. The molecule has 0 unspecified atom stereocenters. The van der Waals surface area contributed by atoms with Crippen LogP contribution in [0.15, 0.2) is 24.5 Å². The van der Waals surface area contributed by atoms with Crippen molar-refractivity contribution < 1.29 is 19.1 Å². The summed E-state index contributed by atoms with van der Waals surface area (Å²) in [6.45, 7) is 14.6. The van der Waals surface area contributed by atoms with Crippen LogP contribution in [0.5, 0.6) is 0 Å². The summed E-state index contributed by atoms with van der Waals surface area (Å²) in [6.07, 6.45) is 5.65. The Bertz CT molecular complexity index is 1300. The van der Waals surface area contributed by atoms with Gasteiger partial charge in [-0.1, -0.05) is 6.92 Å². The van der Waals surface area contributed by atoms with Gasteiger partial charge in [0, 0.05) is 37.3 Å². The first-order chi connectivity index (χ1) is 19.8. The van der Waals surface area contributed by atoms with Crippen LogP contribution in [-0.4, -0.2) is 71.6 Å². The molecule has 2 saturated heterocycles. The van der Waals surface area contributed by atoms with Crippen LogP contribution in [0.25, 0.3) is 10.9 Å². The van der Waals surface area contributed by atoms with Gasteiger partial charge in [0.2, 0.25) is 0 Å². The van der Waals surface area contributed by atoms with Crippen LogP contribution < -0.4 is 20.9 Å². The molecule has 2 amide bonds. The van der Waals surface area contributed by atoms with Crippen molar-refractivity contribution in [3.63, 3.8) is 0 Å². The molecule has 3 N–H and O–H groups in total. The molecule has 42 heavy (non-hydrogen) atoms. The largest absolute Gasteiger partial charge is 0.444 e. The standard InChI is InChI=1S/C31H45N7O4/c1-20-12-22(16-33-15-20)36-29(40)42-31(5,6)10-9-21-13-23(37-28(39)41-30(2,3)4)19-38(18-21)26-17-35-25(14-32)27-24(26)8-7-11-34-27/h7-8,11,17,20-23,33H,9-10,12-13,15-16,18-19H2,1-6H3,(H,36,40)(H,37,39)/t20-,21-,22+,23+/m0/s1. The van der Waals surface area contributed by atoms with Crippen LogP contribution in [0.2, 0.25) is 0 Å². The summed E-state index contributed by atoms with van der Waals surface area (Å²) in [5.74, 6) is 0.697. The average molecular weight is 580 g/mol. The van der Waals surface area contributed by atoms with Crippen LogP contribution in [-0.2, 0) is 9.47 Å². The van der Waals surface area contributed by atoms with Gasteiger partial charge in [0.15, 0.2) is 5.69 Å². The number of hydrogen-bond acceptors (Lipinski definition) is 9. The van der Waals surface area contributed by atoms with Crippen molar-refractivity contribution in [1.29, 1.82) is 5.26 Å². The van der Waals surface area contributed by atoms with E-state index in [1.54, 1.807) is 12.4 Å². The van der Waals surface area contributed by atoms with Gasteiger partial charge in [-0.2, -0.15) is 5.26 Å². The first-order valence-electron chi connectivity index (χ1n) is 14.9. The molecule has 11 heteroatoms. The molecular weight excluding hydrogens is 534 g/mol. The van der Waals surface area contributed by atoms with Crippen molar-refractivity contribution in [2.45, 2.75) is 90.5 Å². The molecule has 228 valence electrons. The lowest BCUT2D eigenvalue weighted by atomic mass is 9.86. The van der Waals surface area contributed by atoms with Crippen LogP contribution >= 0.6 is 0 Å². The Morgan fingerprint density at radius 1 is 1.07 bits per heavy atom. The fourth-order valence-electron chi connectivity index (χ4n) is 5.90. The lowest BCUT2D eigenvalue weighted by Crippen LogP contribution is -2.52. The van der Waals surface area contributed by atoms with Gasteiger partial charge >= 0.3 is 12.2 Å². The molecule has 0 radical (unpaired) electrons.